The van der Waals surface area contributed by atoms with E-state index >= 15 is 0 Å². The predicted molar refractivity (Wildman–Crippen MR) is 295 cm³/mol. The number of fused-ring (bicyclic) bond motifs is 3. The molecule has 1 aromatic heterocycles. The highest BCUT2D eigenvalue weighted by Crippen LogP contribution is 2.59. The van der Waals surface area contributed by atoms with Gasteiger partial charge in [0.05, 0.1) is 0 Å². The summed E-state index contributed by atoms with van der Waals surface area (Å²) < 4.78 is 40.5. The number of carbonyl (C=O) groups excluding carboxylic acids is 9. The van der Waals surface area contributed by atoms with E-state index in [1.165, 1.54) is 15.9 Å². The van der Waals surface area contributed by atoms with Gasteiger partial charge in [-0.1, -0.05) is 99.3 Å². The molecule has 82 heavy (non-hydrogen) atoms. The number of unbranched alkanes of at least 4 members (excludes halogenated alkanes) is 7. The number of rotatable bonds is 23. The lowest BCUT2D eigenvalue weighted by Crippen LogP contribution is -2.58. The molecule has 9 amide bonds. The Kier molecular flexibility index (Phi) is 19.7. The van der Waals surface area contributed by atoms with Crippen LogP contribution in [-0.2, 0) is 50.3 Å². The third-order valence-electron chi connectivity index (χ3n) is 15.6. The number of H-pyrrole nitrogens is 1. The first-order valence-corrected chi connectivity index (χ1v) is 29.5. The number of benzene rings is 3. The molecule has 0 radical (unpaired) electrons. The van der Waals surface area contributed by atoms with Crippen molar-refractivity contribution in [1.82, 2.24) is 41.4 Å². The summed E-state index contributed by atoms with van der Waals surface area (Å²) in [7, 11) is -5.86. The quantitative estimate of drug-likeness (QED) is 0.0203. The average Bonchev–Trinajstić information content (AvgIpc) is 4.27. The average molecular weight is 1150 g/mol. The number of nitrogens with one attached hydrogen (secondary N) is 6. The van der Waals surface area contributed by atoms with Crippen molar-refractivity contribution < 1.29 is 66.3 Å². The molecule has 436 valence electrons. The molecular formula is C58H68F2N9O12P. The van der Waals surface area contributed by atoms with Crippen molar-refractivity contribution in [3.63, 3.8) is 0 Å². The van der Waals surface area contributed by atoms with E-state index in [9.17, 15) is 66.3 Å². The topological polar surface area (TPSA) is 320 Å². The predicted octanol–water partition coefficient (Wildman–Crippen LogP) is 5.08. The van der Waals surface area contributed by atoms with Crippen molar-refractivity contribution in [3.05, 3.63) is 106 Å². The largest absolute Gasteiger partial charge is 0.399 e. The number of halogens is 2. The molecule has 3 fully saturated rings. The fourth-order valence-electron chi connectivity index (χ4n) is 11.2. The first-order chi connectivity index (χ1) is 39.2. The minimum Gasteiger partial charge on any atom is -0.370 e. The summed E-state index contributed by atoms with van der Waals surface area (Å²) in [5.41, 5.74) is 2.71. The molecule has 4 aliphatic rings. The number of carbonyl (C=O) groups is 9. The van der Waals surface area contributed by atoms with Crippen molar-refractivity contribution in [2.45, 2.75) is 164 Å². The van der Waals surface area contributed by atoms with Crippen LogP contribution in [0.2, 0.25) is 0 Å². The highest BCUT2D eigenvalue weighted by atomic mass is 31.2. The van der Waals surface area contributed by atoms with E-state index in [1.807, 2.05) is 6.07 Å². The molecule has 1 unspecified atom stereocenters. The molecule has 0 bridgehead atoms. The Balaban J connectivity index is 0.806. The molecule has 4 aliphatic heterocycles. The van der Waals surface area contributed by atoms with Gasteiger partial charge in [0.1, 0.15) is 35.9 Å². The van der Waals surface area contributed by atoms with Crippen LogP contribution in [-0.4, -0.2) is 114 Å². The van der Waals surface area contributed by atoms with E-state index in [0.29, 0.717) is 56.2 Å². The third kappa shape index (κ3) is 14.4. The first kappa shape index (κ1) is 60.3. The maximum absolute atomic E-state index is 14.5. The number of hydrogen-bond donors (Lipinski definition) is 9. The molecule has 6 atom stereocenters. The van der Waals surface area contributed by atoms with Crippen LogP contribution < -0.4 is 32.3 Å². The zero-order valence-electron chi connectivity index (χ0n) is 45.2. The number of aromatic amines is 1. The molecule has 8 rings (SSSR count). The number of alkyl halides is 2. The summed E-state index contributed by atoms with van der Waals surface area (Å²) in [5.74, 6) is 1.41. The lowest BCUT2D eigenvalue weighted by Gasteiger charge is -2.35. The van der Waals surface area contributed by atoms with E-state index in [-0.39, 0.29) is 79.5 Å². The molecule has 5 heterocycles. The van der Waals surface area contributed by atoms with Gasteiger partial charge in [0.15, 0.2) is 0 Å². The smallest absolute Gasteiger partial charge is 0.370 e. The number of imide groups is 1. The first-order valence-electron chi connectivity index (χ1n) is 27.9. The van der Waals surface area contributed by atoms with Gasteiger partial charge in [-0.2, -0.15) is 8.78 Å². The van der Waals surface area contributed by atoms with Crippen molar-refractivity contribution in [1.29, 1.82) is 0 Å². The van der Waals surface area contributed by atoms with Gasteiger partial charge in [0, 0.05) is 66.0 Å². The van der Waals surface area contributed by atoms with E-state index < -0.39 is 90.4 Å². The number of amides is 9. The van der Waals surface area contributed by atoms with Gasteiger partial charge >= 0.3 is 13.3 Å². The van der Waals surface area contributed by atoms with Crippen molar-refractivity contribution in [3.8, 4) is 11.8 Å². The SMILES string of the molecule is NC(=O)CC[C@H](NC(=O)[C@@H]1CC[C@@H]2CCCC[C@H](NC(=O)c3cc4cc(C(F)(F)P(=O)(O)O)ccc4[nH]3)C(=O)N21)C(=O)N[C@H](C(=O)NCCCCCCCCCC#Cc1cccc2c1CN(C1CCC(=O)NC1=O)C2=O)c1ccccc1. The lowest BCUT2D eigenvalue weighted by atomic mass is 9.98. The second kappa shape index (κ2) is 26.9. The second-order valence-corrected chi connectivity index (χ2v) is 23.0. The molecule has 0 spiro atoms. The van der Waals surface area contributed by atoms with Crippen LogP contribution >= 0.6 is 7.60 Å². The molecule has 3 saturated heterocycles. The number of aromatic nitrogens is 1. The molecular weight excluding hydrogens is 1080 g/mol. The Bertz CT molecular complexity index is 3210. The van der Waals surface area contributed by atoms with Crippen LogP contribution in [0.4, 0.5) is 8.78 Å². The fourth-order valence-corrected chi connectivity index (χ4v) is 11.7. The van der Waals surface area contributed by atoms with Crippen molar-refractivity contribution in [2.75, 3.05) is 6.54 Å². The van der Waals surface area contributed by atoms with E-state index in [0.717, 1.165) is 67.9 Å². The summed E-state index contributed by atoms with van der Waals surface area (Å²) in [6.45, 7) is 0.593. The third-order valence-corrected chi connectivity index (χ3v) is 16.6. The minimum absolute atomic E-state index is 0.0630. The maximum atomic E-state index is 14.5. The summed E-state index contributed by atoms with van der Waals surface area (Å²) in [5, 5.41) is 13.5. The van der Waals surface area contributed by atoms with Gasteiger partial charge in [0.25, 0.3) is 11.8 Å². The van der Waals surface area contributed by atoms with Gasteiger partial charge in [-0.15, -0.1) is 0 Å². The molecule has 3 aromatic carbocycles. The number of primary amides is 1. The highest BCUT2D eigenvalue weighted by Gasteiger charge is 2.51. The zero-order valence-corrected chi connectivity index (χ0v) is 46.1. The molecule has 24 heteroatoms. The minimum atomic E-state index is -5.86. The Labute approximate surface area is 472 Å². The Morgan fingerprint density at radius 3 is 2.29 bits per heavy atom. The van der Waals surface area contributed by atoms with Gasteiger partial charge in [0.2, 0.25) is 41.4 Å². The zero-order chi connectivity index (χ0) is 58.7. The summed E-state index contributed by atoms with van der Waals surface area (Å²) >= 11 is 0. The van der Waals surface area contributed by atoms with Crippen molar-refractivity contribution in [2.24, 2.45) is 5.73 Å². The van der Waals surface area contributed by atoms with Gasteiger partial charge in [-0.25, -0.2) is 0 Å². The van der Waals surface area contributed by atoms with Gasteiger partial charge < -0.3 is 51.6 Å². The summed E-state index contributed by atoms with van der Waals surface area (Å²) in [6, 6.07) is 12.2. The summed E-state index contributed by atoms with van der Waals surface area (Å²) in [6.07, 6.45) is 9.58. The van der Waals surface area contributed by atoms with E-state index in [4.69, 9.17) is 5.73 Å². The second-order valence-electron chi connectivity index (χ2n) is 21.3. The van der Waals surface area contributed by atoms with Crippen LogP contribution in [0.1, 0.15) is 165 Å². The maximum Gasteiger partial charge on any atom is 0.399 e. The summed E-state index contributed by atoms with van der Waals surface area (Å²) in [4.78, 5) is 144. The number of nitrogens with zero attached hydrogens (tertiary/aromatic N) is 2. The highest BCUT2D eigenvalue weighted by molar-refractivity contribution is 7.52. The normalized spacial score (nSPS) is 19.9. The molecule has 0 aliphatic carbocycles. The molecule has 10 N–H and O–H groups in total. The molecule has 21 nitrogen and oxygen atoms in total. The van der Waals surface area contributed by atoms with Crippen molar-refractivity contribution >= 4 is 71.7 Å². The van der Waals surface area contributed by atoms with Crippen LogP contribution in [0.25, 0.3) is 10.9 Å². The monoisotopic (exact) mass is 1150 g/mol. The Morgan fingerprint density at radius 1 is 0.829 bits per heavy atom. The van der Waals surface area contributed by atoms with E-state index in [1.54, 1.807) is 42.5 Å². The van der Waals surface area contributed by atoms with Gasteiger partial charge in [-0.3, -0.25) is 53.0 Å². The van der Waals surface area contributed by atoms with Crippen LogP contribution in [0.5, 0.6) is 0 Å². The molecule has 4 aromatic rings. The van der Waals surface area contributed by atoms with Gasteiger partial charge in [-0.05, 0) is 92.8 Å². The number of piperidine rings is 1. The number of hydrogen-bond acceptors (Lipinski definition) is 10. The number of nitrogens with two attached hydrogens (primary N) is 1. The van der Waals surface area contributed by atoms with Crippen LogP contribution in [0.3, 0.4) is 0 Å². The van der Waals surface area contributed by atoms with Crippen LogP contribution in [0, 0.1) is 11.8 Å². The lowest BCUT2D eigenvalue weighted by molar-refractivity contribution is -0.143. The van der Waals surface area contributed by atoms with Crippen LogP contribution in [0.15, 0.2) is 72.8 Å². The molecule has 0 saturated carbocycles. The van der Waals surface area contributed by atoms with E-state index in [2.05, 4.69) is 43.4 Å². The Morgan fingerprint density at radius 2 is 1.56 bits per heavy atom. The standard InChI is InChI=1S/C58H68F2N9O12P/c59-58(60,82(79,80)81)38-23-25-42-37(32-38)33-45(63-42)52(73)65-44-22-13-12-20-39-24-27-47(69(39)57(44)78)54(75)64-43(26-29-48(61)70)51(72)67-50(36-17-10-8-11-18-36)55(76)62-31-14-7-5-3-1-2-4-6-9-16-35-19-15-21-40-41(35)34-68(56(40)77)46-28-30-49(71)66-53(46)74/h8,10-11,15,17-19,21,23,25,32-33,39,43-44,46-47,50,63H,1-7,12-14,20,22,24,26-31,34H2,(H2,61,70)(H,62,76)(H,64,75)(H,65,73)(H,67,72)(H,66,71,74)(H2,79,80,81)/t39-,43-,44-,46?,47-,50-/m0/s1. The fraction of sp³-hybridized carbons (Fsp3) is 0.466. The Hall–Kier alpha value is -7.80.